The number of benzene rings is 1. The highest BCUT2D eigenvalue weighted by Crippen LogP contribution is 2.64. The molecule has 6 heteroatoms. The Balaban J connectivity index is 1.64. The molecule has 1 heterocycles. The lowest BCUT2D eigenvalue weighted by atomic mass is 9.87. The fourth-order valence-corrected chi connectivity index (χ4v) is 5.14. The highest BCUT2D eigenvalue weighted by Gasteiger charge is 2.62. The van der Waals surface area contributed by atoms with Gasteiger partial charge in [0, 0.05) is 19.0 Å². The van der Waals surface area contributed by atoms with E-state index in [2.05, 4.69) is 48.3 Å². The lowest BCUT2D eigenvalue weighted by Gasteiger charge is -2.27. The number of carbonyl (C=O) groups is 1. The third-order valence-electron chi connectivity index (χ3n) is 5.00. The Morgan fingerprint density at radius 1 is 1.29 bits per heavy atom. The van der Waals surface area contributed by atoms with Gasteiger partial charge in [-0.3, -0.25) is 4.79 Å². The molecule has 1 aromatic heterocycles. The van der Waals surface area contributed by atoms with Crippen LogP contribution in [0, 0.1) is 12.3 Å². The third-order valence-corrected chi connectivity index (χ3v) is 6.96. The van der Waals surface area contributed by atoms with Gasteiger partial charge in [0.25, 0.3) is 0 Å². The summed E-state index contributed by atoms with van der Waals surface area (Å²) in [6.07, 6.45) is 1.12. The monoisotopic (exact) mass is 361 g/mol. The summed E-state index contributed by atoms with van der Waals surface area (Å²) >= 11 is 3.01. The number of amides is 1. The highest BCUT2D eigenvalue weighted by molar-refractivity contribution is 8.01. The first-order valence-electron chi connectivity index (χ1n) is 8.06. The zero-order chi connectivity index (χ0) is 17.4. The smallest absolute Gasteiger partial charge is 0.232 e. The van der Waals surface area contributed by atoms with Crippen LogP contribution >= 0.6 is 23.1 Å². The first-order chi connectivity index (χ1) is 11.3. The van der Waals surface area contributed by atoms with E-state index in [9.17, 15) is 4.79 Å². The van der Waals surface area contributed by atoms with Crippen molar-refractivity contribution >= 4 is 29.0 Å². The lowest BCUT2D eigenvalue weighted by Crippen LogP contribution is -2.37. The van der Waals surface area contributed by atoms with Crippen molar-refractivity contribution in [2.45, 2.75) is 36.9 Å². The van der Waals surface area contributed by atoms with Gasteiger partial charge in [0.05, 0.1) is 5.75 Å². The number of carbonyl (C=O) groups excluding carboxylic acids is 1. The summed E-state index contributed by atoms with van der Waals surface area (Å²) in [5.74, 6) is 0.557. The molecule has 0 saturated heterocycles. The van der Waals surface area contributed by atoms with Gasteiger partial charge in [-0.1, -0.05) is 67.3 Å². The molecular formula is C18H23N3OS2. The minimum atomic E-state index is 0.0721. The van der Waals surface area contributed by atoms with Crippen LogP contribution in [-0.2, 0) is 10.2 Å². The third kappa shape index (κ3) is 3.35. The number of rotatable bonds is 6. The van der Waals surface area contributed by atoms with Gasteiger partial charge in [0.15, 0.2) is 4.34 Å². The zero-order valence-corrected chi connectivity index (χ0v) is 16.2. The minimum Gasteiger partial charge on any atom is -0.344 e. The van der Waals surface area contributed by atoms with E-state index < -0.39 is 0 Å². The molecule has 0 unspecified atom stereocenters. The summed E-state index contributed by atoms with van der Waals surface area (Å²) in [5, 5.41) is 8.99. The van der Waals surface area contributed by atoms with Crippen LogP contribution < -0.4 is 0 Å². The first-order valence-corrected chi connectivity index (χ1v) is 9.87. The molecule has 4 nitrogen and oxygen atoms in total. The Morgan fingerprint density at radius 2 is 1.96 bits per heavy atom. The molecule has 0 aliphatic heterocycles. The molecule has 0 bridgehead atoms. The van der Waals surface area contributed by atoms with E-state index in [1.807, 2.05) is 24.9 Å². The topological polar surface area (TPSA) is 46.1 Å². The Morgan fingerprint density at radius 3 is 2.50 bits per heavy atom. The van der Waals surface area contributed by atoms with Crippen LogP contribution in [0.5, 0.6) is 0 Å². The molecule has 1 amide bonds. The van der Waals surface area contributed by atoms with Crippen molar-refractivity contribution in [2.75, 3.05) is 19.3 Å². The number of hydrogen-bond acceptors (Lipinski definition) is 5. The van der Waals surface area contributed by atoms with Gasteiger partial charge in [0.1, 0.15) is 5.01 Å². The van der Waals surface area contributed by atoms with Gasteiger partial charge in [-0.05, 0) is 24.3 Å². The molecule has 24 heavy (non-hydrogen) atoms. The minimum absolute atomic E-state index is 0.0721. The average Bonchev–Trinajstić information content (AvgIpc) is 2.89. The van der Waals surface area contributed by atoms with Crippen LogP contribution in [0.4, 0.5) is 0 Å². The summed E-state index contributed by atoms with van der Waals surface area (Å²) in [4.78, 5) is 14.4. The summed E-state index contributed by atoms with van der Waals surface area (Å²) in [6.45, 7) is 7.27. The molecule has 3 rings (SSSR count). The maximum Gasteiger partial charge on any atom is 0.232 e. The molecule has 1 aromatic carbocycles. The zero-order valence-electron chi connectivity index (χ0n) is 14.6. The summed E-state index contributed by atoms with van der Waals surface area (Å²) < 4.78 is 0.860. The molecule has 1 saturated carbocycles. The van der Waals surface area contributed by atoms with Crippen LogP contribution in [0.3, 0.4) is 0 Å². The van der Waals surface area contributed by atoms with Crippen LogP contribution in [0.1, 0.15) is 30.8 Å². The van der Waals surface area contributed by atoms with E-state index in [1.54, 1.807) is 0 Å². The van der Waals surface area contributed by atoms with Gasteiger partial charge >= 0.3 is 0 Å². The summed E-state index contributed by atoms with van der Waals surface area (Å²) in [6, 6.07) is 10.6. The number of likely N-dealkylation sites (N-methyl/N-ethyl adjacent to an activating group) is 1. The fourth-order valence-electron chi connectivity index (χ4n) is 3.38. The van der Waals surface area contributed by atoms with E-state index in [0.29, 0.717) is 5.75 Å². The number of aryl methyl sites for hydroxylation is 1. The summed E-state index contributed by atoms with van der Waals surface area (Å²) in [7, 11) is 1.91. The molecule has 2 aromatic rings. The predicted molar refractivity (Wildman–Crippen MR) is 99.5 cm³/mol. The van der Waals surface area contributed by atoms with Crippen molar-refractivity contribution in [2.24, 2.45) is 5.41 Å². The molecule has 1 atom stereocenters. The van der Waals surface area contributed by atoms with Gasteiger partial charge < -0.3 is 4.90 Å². The quantitative estimate of drug-likeness (QED) is 0.735. The lowest BCUT2D eigenvalue weighted by molar-refractivity contribution is -0.127. The number of thioether (sulfide) groups is 1. The maximum atomic E-state index is 12.5. The van der Waals surface area contributed by atoms with Crippen molar-refractivity contribution < 1.29 is 4.79 Å². The Kier molecular flexibility index (Phi) is 4.71. The van der Waals surface area contributed by atoms with Crippen LogP contribution in [0.25, 0.3) is 0 Å². The van der Waals surface area contributed by atoms with E-state index in [0.717, 1.165) is 22.3 Å². The Hall–Kier alpha value is -1.40. The van der Waals surface area contributed by atoms with Crippen LogP contribution in [-0.4, -0.2) is 40.3 Å². The number of hydrogen-bond donors (Lipinski definition) is 0. The van der Waals surface area contributed by atoms with E-state index >= 15 is 0 Å². The number of aromatic nitrogens is 2. The fraction of sp³-hybridized carbons (Fsp3) is 0.500. The molecule has 1 aliphatic rings. The molecule has 0 spiro atoms. The van der Waals surface area contributed by atoms with Crippen molar-refractivity contribution in [1.82, 2.24) is 15.1 Å². The van der Waals surface area contributed by atoms with Crippen molar-refractivity contribution in [3.63, 3.8) is 0 Å². The van der Waals surface area contributed by atoms with Crippen LogP contribution in [0.2, 0.25) is 0 Å². The standard InChI is InChI=1S/C18H23N3OS2/c1-13-19-20-16(24-13)23-10-15(22)21(4)12-18(11-17(18,2)3)14-8-6-5-7-9-14/h5-9H,10-12H2,1-4H3/t18-/m0/s1. The van der Waals surface area contributed by atoms with Gasteiger partial charge in [-0.15, -0.1) is 10.2 Å². The molecule has 0 N–H and O–H groups in total. The normalized spacial score (nSPS) is 21.5. The van der Waals surface area contributed by atoms with E-state index in [4.69, 9.17) is 0 Å². The van der Waals surface area contributed by atoms with Gasteiger partial charge in [-0.25, -0.2) is 0 Å². The second kappa shape index (κ2) is 6.48. The SMILES string of the molecule is Cc1nnc(SCC(=O)N(C)C[C@]2(c3ccccc3)CC2(C)C)s1. The van der Waals surface area contributed by atoms with Gasteiger partial charge in [0.2, 0.25) is 5.91 Å². The van der Waals surface area contributed by atoms with Crippen molar-refractivity contribution in [3.05, 3.63) is 40.9 Å². The highest BCUT2D eigenvalue weighted by atomic mass is 32.2. The largest absolute Gasteiger partial charge is 0.344 e. The first kappa shape index (κ1) is 17.4. The van der Waals surface area contributed by atoms with E-state index in [-0.39, 0.29) is 16.7 Å². The summed E-state index contributed by atoms with van der Waals surface area (Å²) in [5.41, 5.74) is 1.64. The maximum absolute atomic E-state index is 12.5. The molecule has 1 aliphatic carbocycles. The van der Waals surface area contributed by atoms with Crippen molar-refractivity contribution in [1.29, 1.82) is 0 Å². The number of nitrogens with zero attached hydrogens (tertiary/aromatic N) is 3. The van der Waals surface area contributed by atoms with Crippen molar-refractivity contribution in [3.8, 4) is 0 Å². The average molecular weight is 362 g/mol. The van der Waals surface area contributed by atoms with Gasteiger partial charge in [-0.2, -0.15) is 0 Å². The molecule has 128 valence electrons. The molecule has 0 radical (unpaired) electrons. The molecular weight excluding hydrogens is 338 g/mol. The van der Waals surface area contributed by atoms with Crippen LogP contribution in [0.15, 0.2) is 34.7 Å². The second-order valence-corrected chi connectivity index (χ2v) is 9.54. The Labute approximate surface area is 151 Å². The Bertz CT molecular complexity index is 729. The van der Waals surface area contributed by atoms with E-state index in [1.165, 1.54) is 28.7 Å². The molecule has 1 fully saturated rings. The predicted octanol–water partition coefficient (Wildman–Crippen LogP) is 3.76. The second-order valence-electron chi connectivity index (χ2n) is 7.13.